The highest BCUT2D eigenvalue weighted by Crippen LogP contribution is 2.18. The summed E-state index contributed by atoms with van der Waals surface area (Å²) in [6.07, 6.45) is 1.21. The lowest BCUT2D eigenvalue weighted by Crippen LogP contribution is -2.15. The molecule has 0 spiro atoms. The second-order valence-electron chi connectivity index (χ2n) is 4.75. The third-order valence-corrected chi connectivity index (χ3v) is 2.67. The first kappa shape index (κ1) is 13.1. The van der Waals surface area contributed by atoms with E-state index in [1.165, 1.54) is 6.20 Å². The molecule has 0 amide bonds. The van der Waals surface area contributed by atoms with E-state index < -0.39 is 11.4 Å². The normalized spacial score (nSPS) is 10.9. The highest BCUT2D eigenvalue weighted by atomic mass is 16.5. The molecular formula is C14H15NO4. The minimum Gasteiger partial charge on any atom is -0.493 e. The number of pyridine rings is 1. The summed E-state index contributed by atoms with van der Waals surface area (Å²) in [4.78, 5) is 25.7. The molecular weight excluding hydrogens is 246 g/mol. The van der Waals surface area contributed by atoms with Crippen molar-refractivity contribution in [1.29, 1.82) is 0 Å². The molecule has 5 heteroatoms. The summed E-state index contributed by atoms with van der Waals surface area (Å²) >= 11 is 0. The first-order chi connectivity index (χ1) is 8.99. The van der Waals surface area contributed by atoms with Gasteiger partial charge in [-0.2, -0.15) is 0 Å². The van der Waals surface area contributed by atoms with Crippen LogP contribution in [0.1, 0.15) is 24.2 Å². The van der Waals surface area contributed by atoms with E-state index in [0.717, 1.165) is 0 Å². The Morgan fingerprint density at radius 3 is 2.79 bits per heavy atom. The van der Waals surface area contributed by atoms with Crippen LogP contribution < -0.4 is 10.2 Å². The molecule has 0 bridgehead atoms. The van der Waals surface area contributed by atoms with E-state index in [1.54, 1.807) is 18.2 Å². The van der Waals surface area contributed by atoms with Crippen LogP contribution in [0.4, 0.5) is 0 Å². The Morgan fingerprint density at radius 1 is 1.42 bits per heavy atom. The van der Waals surface area contributed by atoms with Gasteiger partial charge in [-0.1, -0.05) is 13.8 Å². The Kier molecular flexibility index (Phi) is 3.55. The highest BCUT2D eigenvalue weighted by Gasteiger charge is 2.12. The average Bonchev–Trinajstić information content (AvgIpc) is 2.36. The van der Waals surface area contributed by atoms with Crippen molar-refractivity contribution in [2.45, 2.75) is 13.8 Å². The van der Waals surface area contributed by atoms with E-state index in [1.807, 2.05) is 13.8 Å². The maximum Gasteiger partial charge on any atom is 0.341 e. The predicted molar refractivity (Wildman–Crippen MR) is 71.9 cm³/mol. The largest absolute Gasteiger partial charge is 0.493 e. The van der Waals surface area contributed by atoms with Crippen molar-refractivity contribution in [1.82, 2.24) is 4.98 Å². The molecule has 0 aliphatic rings. The fourth-order valence-electron chi connectivity index (χ4n) is 1.71. The predicted octanol–water partition coefficient (Wildman–Crippen LogP) is 2.26. The number of aromatic amines is 1. The van der Waals surface area contributed by atoms with Gasteiger partial charge in [-0.3, -0.25) is 4.79 Å². The van der Waals surface area contributed by atoms with Crippen LogP contribution in [0.2, 0.25) is 0 Å². The van der Waals surface area contributed by atoms with Crippen LogP contribution in [-0.2, 0) is 0 Å². The van der Waals surface area contributed by atoms with Gasteiger partial charge < -0.3 is 14.8 Å². The minimum absolute atomic E-state index is 0.270. The van der Waals surface area contributed by atoms with Crippen molar-refractivity contribution in [3.8, 4) is 5.75 Å². The van der Waals surface area contributed by atoms with Crippen molar-refractivity contribution in [3.63, 3.8) is 0 Å². The monoisotopic (exact) mass is 261 g/mol. The molecule has 0 fully saturated rings. The fourth-order valence-corrected chi connectivity index (χ4v) is 1.71. The second-order valence-corrected chi connectivity index (χ2v) is 4.75. The van der Waals surface area contributed by atoms with Crippen molar-refractivity contribution in [3.05, 3.63) is 40.2 Å². The number of carboxylic acids is 1. The third kappa shape index (κ3) is 2.76. The van der Waals surface area contributed by atoms with E-state index in [-0.39, 0.29) is 5.56 Å². The second kappa shape index (κ2) is 5.14. The van der Waals surface area contributed by atoms with Crippen molar-refractivity contribution >= 4 is 16.9 Å². The Morgan fingerprint density at radius 2 is 2.16 bits per heavy atom. The Balaban J connectivity index is 2.48. The van der Waals surface area contributed by atoms with Crippen LogP contribution in [0.15, 0.2) is 29.2 Å². The van der Waals surface area contributed by atoms with Crippen LogP contribution >= 0.6 is 0 Å². The van der Waals surface area contributed by atoms with Crippen LogP contribution in [0.5, 0.6) is 5.75 Å². The van der Waals surface area contributed by atoms with Crippen molar-refractivity contribution in [2.75, 3.05) is 6.61 Å². The number of aromatic carboxylic acids is 1. The summed E-state index contributed by atoms with van der Waals surface area (Å²) in [7, 11) is 0. The van der Waals surface area contributed by atoms with Gasteiger partial charge in [0.2, 0.25) is 5.43 Å². The summed E-state index contributed by atoms with van der Waals surface area (Å²) in [5.41, 5.74) is -0.184. The number of ether oxygens (including phenoxy) is 1. The van der Waals surface area contributed by atoms with Gasteiger partial charge >= 0.3 is 5.97 Å². The number of hydrogen-bond acceptors (Lipinski definition) is 3. The summed E-state index contributed by atoms with van der Waals surface area (Å²) in [5.74, 6) is -0.301. The molecule has 0 aliphatic carbocycles. The zero-order valence-corrected chi connectivity index (χ0v) is 10.8. The Labute approximate surface area is 109 Å². The van der Waals surface area contributed by atoms with Gasteiger partial charge in [0.15, 0.2) is 0 Å². The van der Waals surface area contributed by atoms with Gasteiger partial charge in [0.1, 0.15) is 11.3 Å². The van der Waals surface area contributed by atoms with Crippen LogP contribution in [0, 0.1) is 5.92 Å². The molecule has 100 valence electrons. The van der Waals surface area contributed by atoms with E-state index in [2.05, 4.69) is 4.98 Å². The lowest BCUT2D eigenvalue weighted by atomic mass is 10.1. The zero-order chi connectivity index (χ0) is 14.0. The Bertz CT molecular complexity index is 673. The Hall–Kier alpha value is -2.30. The molecule has 2 rings (SSSR count). The molecule has 0 atom stereocenters. The molecule has 0 radical (unpaired) electrons. The summed E-state index contributed by atoms with van der Waals surface area (Å²) in [6.45, 7) is 4.59. The number of nitrogens with one attached hydrogen (secondary N) is 1. The van der Waals surface area contributed by atoms with Gasteiger partial charge in [-0.25, -0.2) is 4.79 Å². The number of hydrogen-bond donors (Lipinski definition) is 2. The van der Waals surface area contributed by atoms with E-state index >= 15 is 0 Å². The number of benzene rings is 1. The minimum atomic E-state index is -1.24. The number of aromatic nitrogens is 1. The summed E-state index contributed by atoms with van der Waals surface area (Å²) in [6, 6.07) is 5.03. The molecule has 0 unspecified atom stereocenters. The van der Waals surface area contributed by atoms with Crippen LogP contribution in [0.25, 0.3) is 10.9 Å². The molecule has 2 N–H and O–H groups in total. The topological polar surface area (TPSA) is 79.4 Å². The van der Waals surface area contributed by atoms with Crippen molar-refractivity contribution in [2.24, 2.45) is 5.92 Å². The fraction of sp³-hybridized carbons (Fsp3) is 0.286. The highest BCUT2D eigenvalue weighted by molar-refractivity contribution is 5.92. The molecule has 5 nitrogen and oxygen atoms in total. The zero-order valence-electron chi connectivity index (χ0n) is 10.8. The molecule has 1 aromatic carbocycles. The molecule has 0 saturated heterocycles. The molecule has 0 saturated carbocycles. The SMILES string of the molecule is CC(C)COc1ccc2[nH]cc(C(=O)O)c(=O)c2c1. The van der Waals surface area contributed by atoms with E-state index in [4.69, 9.17) is 9.84 Å². The van der Waals surface area contributed by atoms with Gasteiger partial charge in [0.25, 0.3) is 0 Å². The average molecular weight is 261 g/mol. The van der Waals surface area contributed by atoms with E-state index in [0.29, 0.717) is 29.2 Å². The van der Waals surface area contributed by atoms with Crippen LogP contribution in [-0.4, -0.2) is 22.7 Å². The quantitative estimate of drug-likeness (QED) is 0.884. The van der Waals surface area contributed by atoms with E-state index in [9.17, 15) is 9.59 Å². The summed E-state index contributed by atoms with van der Waals surface area (Å²) < 4.78 is 5.53. The van der Waals surface area contributed by atoms with Gasteiger partial charge in [0.05, 0.1) is 12.0 Å². The number of H-pyrrole nitrogens is 1. The van der Waals surface area contributed by atoms with Gasteiger partial charge in [0, 0.05) is 11.7 Å². The first-order valence-corrected chi connectivity index (χ1v) is 6.00. The third-order valence-electron chi connectivity index (χ3n) is 2.67. The first-order valence-electron chi connectivity index (χ1n) is 6.00. The molecule has 0 aliphatic heterocycles. The molecule has 2 aromatic rings. The van der Waals surface area contributed by atoms with Gasteiger partial charge in [-0.05, 0) is 24.1 Å². The number of carbonyl (C=O) groups is 1. The van der Waals surface area contributed by atoms with Crippen LogP contribution in [0.3, 0.4) is 0 Å². The lowest BCUT2D eigenvalue weighted by molar-refractivity contribution is 0.0695. The molecule has 1 heterocycles. The molecule has 19 heavy (non-hydrogen) atoms. The summed E-state index contributed by atoms with van der Waals surface area (Å²) in [5, 5.41) is 9.24. The number of fused-ring (bicyclic) bond motifs is 1. The standard InChI is InChI=1S/C14H15NO4/c1-8(2)7-19-9-3-4-12-10(5-9)13(16)11(6-15-12)14(17)18/h3-6,8H,7H2,1-2H3,(H,15,16)(H,17,18). The van der Waals surface area contributed by atoms with Gasteiger partial charge in [-0.15, -0.1) is 0 Å². The smallest absolute Gasteiger partial charge is 0.341 e. The van der Waals surface area contributed by atoms with Crippen molar-refractivity contribution < 1.29 is 14.6 Å². The maximum absolute atomic E-state index is 12.0. The number of rotatable bonds is 4. The maximum atomic E-state index is 12.0. The lowest BCUT2D eigenvalue weighted by Gasteiger charge is -2.09. The number of carboxylic acid groups (broad SMARTS) is 1. The molecule has 1 aromatic heterocycles.